The molecule has 2 nitrogen and oxygen atoms in total. The highest BCUT2D eigenvalue weighted by atomic mass is 32.2. The van der Waals surface area contributed by atoms with Crippen molar-refractivity contribution in [2.45, 2.75) is 25.0 Å². The number of aliphatic hydroxyl groups excluding tert-OH is 1. The highest BCUT2D eigenvalue weighted by molar-refractivity contribution is 7.98. The molecule has 0 atom stereocenters. The van der Waals surface area contributed by atoms with E-state index < -0.39 is 0 Å². The van der Waals surface area contributed by atoms with E-state index in [2.05, 4.69) is 24.3 Å². The Hall–Kier alpha value is -0.800. The summed E-state index contributed by atoms with van der Waals surface area (Å²) in [4.78, 5) is 10.8. The number of benzene rings is 1. The van der Waals surface area contributed by atoms with E-state index in [1.54, 1.807) is 0 Å². The number of carbonyl (C=O) groups is 1. The predicted molar refractivity (Wildman–Crippen MR) is 68.5 cm³/mol. The molecule has 0 amide bonds. The fourth-order valence-corrected chi connectivity index (χ4v) is 2.35. The van der Waals surface area contributed by atoms with E-state index in [1.165, 1.54) is 5.56 Å². The molecule has 0 aliphatic rings. The van der Waals surface area contributed by atoms with E-state index >= 15 is 0 Å². The van der Waals surface area contributed by atoms with Gasteiger partial charge in [0.1, 0.15) is 6.61 Å². The number of hydrogen-bond acceptors (Lipinski definition) is 3. The van der Waals surface area contributed by atoms with Crippen molar-refractivity contribution in [2.75, 3.05) is 12.4 Å². The fourth-order valence-electron chi connectivity index (χ4n) is 1.37. The molecule has 1 N–H and O–H groups in total. The van der Waals surface area contributed by atoms with Crippen LogP contribution in [0.4, 0.5) is 0 Å². The lowest BCUT2D eigenvalue weighted by atomic mass is 10.2. The number of hydrogen-bond donors (Lipinski definition) is 1. The third-order valence-electron chi connectivity index (χ3n) is 2.28. The van der Waals surface area contributed by atoms with E-state index in [4.69, 9.17) is 5.11 Å². The molecular formula is C13H18O2S. The standard InChI is InChI=1S/C13H18O2S/c14-10-13(15)8-4-5-9-16-11-12-6-2-1-3-7-12/h1-3,6-7,14H,4-5,8-11H2. The molecule has 16 heavy (non-hydrogen) atoms. The fraction of sp³-hybridized carbons (Fsp3) is 0.462. The van der Waals surface area contributed by atoms with Gasteiger partial charge in [0.25, 0.3) is 0 Å². The molecule has 0 fully saturated rings. The average molecular weight is 238 g/mol. The Bertz CT molecular complexity index is 298. The van der Waals surface area contributed by atoms with Gasteiger partial charge in [-0.15, -0.1) is 0 Å². The van der Waals surface area contributed by atoms with Gasteiger partial charge in [-0.3, -0.25) is 4.79 Å². The number of Topliss-reactive ketones (excluding diaryl/α,β-unsaturated/α-hetero) is 1. The van der Waals surface area contributed by atoms with Gasteiger partial charge in [-0.05, 0) is 24.2 Å². The zero-order valence-corrected chi connectivity index (χ0v) is 10.2. The molecule has 0 saturated carbocycles. The van der Waals surface area contributed by atoms with Gasteiger partial charge in [-0.25, -0.2) is 0 Å². The molecule has 0 aromatic heterocycles. The van der Waals surface area contributed by atoms with Crippen molar-refractivity contribution in [3.05, 3.63) is 35.9 Å². The molecule has 1 aromatic rings. The highest BCUT2D eigenvalue weighted by Crippen LogP contribution is 2.13. The zero-order chi connectivity index (χ0) is 11.6. The minimum absolute atomic E-state index is 0.0481. The monoisotopic (exact) mass is 238 g/mol. The van der Waals surface area contributed by atoms with Crippen LogP contribution in [0.2, 0.25) is 0 Å². The molecule has 0 radical (unpaired) electrons. The lowest BCUT2D eigenvalue weighted by Crippen LogP contribution is -2.02. The van der Waals surface area contributed by atoms with Crippen LogP contribution in [0.25, 0.3) is 0 Å². The Labute approximate surface area is 101 Å². The molecule has 88 valence electrons. The molecular weight excluding hydrogens is 220 g/mol. The van der Waals surface area contributed by atoms with Crippen LogP contribution in [0, 0.1) is 0 Å². The van der Waals surface area contributed by atoms with Crippen LogP contribution < -0.4 is 0 Å². The summed E-state index contributed by atoms with van der Waals surface area (Å²) in [5.74, 6) is 2.07. The molecule has 0 heterocycles. The maximum absolute atomic E-state index is 10.8. The molecule has 0 spiro atoms. The number of rotatable bonds is 8. The van der Waals surface area contributed by atoms with Gasteiger partial charge < -0.3 is 5.11 Å². The second kappa shape index (κ2) is 8.36. The van der Waals surface area contributed by atoms with Crippen molar-refractivity contribution in [1.29, 1.82) is 0 Å². The van der Waals surface area contributed by atoms with Crippen molar-refractivity contribution < 1.29 is 9.90 Å². The number of aliphatic hydroxyl groups is 1. The first-order chi connectivity index (χ1) is 7.83. The number of thioether (sulfide) groups is 1. The van der Waals surface area contributed by atoms with Crippen LogP contribution in [0.15, 0.2) is 30.3 Å². The van der Waals surface area contributed by atoms with E-state index in [0.717, 1.165) is 24.3 Å². The minimum Gasteiger partial charge on any atom is -0.389 e. The molecule has 0 aliphatic carbocycles. The maximum Gasteiger partial charge on any atom is 0.158 e. The van der Waals surface area contributed by atoms with Crippen molar-refractivity contribution in [2.24, 2.45) is 0 Å². The predicted octanol–water partition coefficient (Wildman–Crippen LogP) is 2.65. The normalized spacial score (nSPS) is 10.3. The summed E-state index contributed by atoms with van der Waals surface area (Å²) in [6, 6.07) is 10.4. The summed E-state index contributed by atoms with van der Waals surface area (Å²) in [5, 5.41) is 8.53. The highest BCUT2D eigenvalue weighted by Gasteiger charge is 1.98. The summed E-state index contributed by atoms with van der Waals surface area (Å²) < 4.78 is 0. The Morgan fingerprint density at radius 1 is 1.19 bits per heavy atom. The van der Waals surface area contributed by atoms with E-state index in [0.29, 0.717) is 6.42 Å². The van der Waals surface area contributed by atoms with Crippen LogP contribution >= 0.6 is 11.8 Å². The second-order valence-electron chi connectivity index (χ2n) is 3.69. The first-order valence-electron chi connectivity index (χ1n) is 5.57. The summed E-state index contributed by atoms with van der Waals surface area (Å²) in [6.07, 6.45) is 2.45. The third kappa shape index (κ3) is 5.93. The van der Waals surface area contributed by atoms with Crippen LogP contribution in [0.5, 0.6) is 0 Å². The van der Waals surface area contributed by atoms with Gasteiger partial charge >= 0.3 is 0 Å². The molecule has 0 bridgehead atoms. The third-order valence-corrected chi connectivity index (χ3v) is 3.40. The van der Waals surface area contributed by atoms with E-state index in [1.807, 2.05) is 17.8 Å². The van der Waals surface area contributed by atoms with Crippen LogP contribution in [0.3, 0.4) is 0 Å². The zero-order valence-electron chi connectivity index (χ0n) is 9.39. The Morgan fingerprint density at radius 2 is 1.94 bits per heavy atom. The number of unbranched alkanes of at least 4 members (excludes halogenated alkanes) is 1. The molecule has 1 rings (SSSR count). The van der Waals surface area contributed by atoms with Crippen LogP contribution in [0.1, 0.15) is 24.8 Å². The van der Waals surface area contributed by atoms with Gasteiger partial charge in [0, 0.05) is 12.2 Å². The Morgan fingerprint density at radius 3 is 2.62 bits per heavy atom. The SMILES string of the molecule is O=C(CO)CCCCSCc1ccccc1. The van der Waals surface area contributed by atoms with Gasteiger partial charge in [-0.1, -0.05) is 30.3 Å². The number of carbonyl (C=O) groups excluding carboxylic acids is 1. The van der Waals surface area contributed by atoms with Crippen LogP contribution in [-0.4, -0.2) is 23.2 Å². The Kier molecular flexibility index (Phi) is 6.93. The summed E-state index contributed by atoms with van der Waals surface area (Å²) in [5.41, 5.74) is 1.35. The second-order valence-corrected chi connectivity index (χ2v) is 4.80. The summed E-state index contributed by atoms with van der Waals surface area (Å²) >= 11 is 1.89. The maximum atomic E-state index is 10.8. The van der Waals surface area contributed by atoms with Crippen molar-refractivity contribution >= 4 is 17.5 Å². The smallest absolute Gasteiger partial charge is 0.158 e. The van der Waals surface area contributed by atoms with Crippen molar-refractivity contribution in [3.63, 3.8) is 0 Å². The molecule has 0 unspecified atom stereocenters. The Balaban J connectivity index is 1.98. The van der Waals surface area contributed by atoms with Gasteiger partial charge in [0.15, 0.2) is 5.78 Å². The van der Waals surface area contributed by atoms with Crippen LogP contribution in [-0.2, 0) is 10.5 Å². The lowest BCUT2D eigenvalue weighted by molar-refractivity contribution is -0.121. The van der Waals surface area contributed by atoms with Crippen molar-refractivity contribution in [1.82, 2.24) is 0 Å². The van der Waals surface area contributed by atoms with Crippen molar-refractivity contribution in [3.8, 4) is 0 Å². The first kappa shape index (κ1) is 13.3. The minimum atomic E-state index is -0.308. The molecule has 3 heteroatoms. The number of ketones is 1. The molecule has 1 aromatic carbocycles. The largest absolute Gasteiger partial charge is 0.389 e. The topological polar surface area (TPSA) is 37.3 Å². The van der Waals surface area contributed by atoms with Gasteiger partial charge in [0.2, 0.25) is 0 Å². The first-order valence-corrected chi connectivity index (χ1v) is 6.72. The van der Waals surface area contributed by atoms with E-state index in [-0.39, 0.29) is 12.4 Å². The van der Waals surface area contributed by atoms with Gasteiger partial charge in [0.05, 0.1) is 0 Å². The summed E-state index contributed by atoms with van der Waals surface area (Å²) in [6.45, 7) is -0.308. The lowest BCUT2D eigenvalue weighted by Gasteiger charge is -2.01. The van der Waals surface area contributed by atoms with E-state index in [9.17, 15) is 4.79 Å². The molecule has 0 saturated heterocycles. The summed E-state index contributed by atoms with van der Waals surface area (Å²) in [7, 11) is 0. The quantitative estimate of drug-likeness (QED) is 0.707. The average Bonchev–Trinajstić information content (AvgIpc) is 2.34. The van der Waals surface area contributed by atoms with Gasteiger partial charge in [-0.2, -0.15) is 11.8 Å². The molecule has 0 aliphatic heterocycles.